The van der Waals surface area contributed by atoms with Crippen LogP contribution < -0.4 is 5.43 Å². The number of nitro benzene ring substituents is 1. The molecule has 1 N–H and O–H groups in total. The van der Waals surface area contributed by atoms with Crippen LogP contribution in [0.5, 0.6) is 0 Å². The number of pyridine rings is 1. The van der Waals surface area contributed by atoms with Crippen molar-refractivity contribution in [3.63, 3.8) is 0 Å². The van der Waals surface area contributed by atoms with E-state index >= 15 is 0 Å². The minimum Gasteiger partial charge on any atom is -0.266 e. The first-order valence-electron chi connectivity index (χ1n) is 7.91. The normalized spacial score (nSPS) is 11.4. The second-order valence-electron chi connectivity index (χ2n) is 5.79. The molecule has 1 amide bonds. The number of fused-ring (bicyclic) bond motifs is 1. The van der Waals surface area contributed by atoms with Crippen molar-refractivity contribution in [2.75, 3.05) is 0 Å². The Hall–Kier alpha value is -3.61. The second-order valence-corrected chi connectivity index (χ2v) is 5.79. The van der Waals surface area contributed by atoms with Crippen LogP contribution >= 0.6 is 0 Å². The van der Waals surface area contributed by atoms with Crippen LogP contribution in [0.3, 0.4) is 0 Å². The van der Waals surface area contributed by atoms with E-state index in [1.807, 2.05) is 30.3 Å². The van der Waals surface area contributed by atoms with Crippen LogP contribution in [0.4, 0.5) is 5.69 Å². The van der Waals surface area contributed by atoms with E-state index in [9.17, 15) is 14.9 Å². The number of amides is 1. The molecule has 7 nitrogen and oxygen atoms in total. The topological polar surface area (TPSA) is 97.5 Å². The Kier molecular flexibility index (Phi) is 4.70. The third-order valence-electron chi connectivity index (χ3n) is 3.98. The molecule has 130 valence electrons. The molecule has 26 heavy (non-hydrogen) atoms. The predicted molar refractivity (Wildman–Crippen MR) is 99.3 cm³/mol. The Balaban J connectivity index is 1.80. The molecule has 2 aromatic carbocycles. The van der Waals surface area contributed by atoms with E-state index in [0.717, 1.165) is 10.9 Å². The van der Waals surface area contributed by atoms with E-state index in [1.165, 1.54) is 6.07 Å². The molecule has 0 aliphatic carbocycles. The quantitative estimate of drug-likeness (QED) is 0.442. The van der Waals surface area contributed by atoms with Crippen molar-refractivity contribution < 1.29 is 9.72 Å². The van der Waals surface area contributed by atoms with Crippen molar-refractivity contribution in [1.82, 2.24) is 10.4 Å². The van der Waals surface area contributed by atoms with Crippen LogP contribution in [-0.2, 0) is 0 Å². The Morgan fingerprint density at radius 3 is 2.69 bits per heavy atom. The number of carbonyl (C=O) groups is 1. The number of rotatable bonds is 4. The Labute approximate surface area is 149 Å². The van der Waals surface area contributed by atoms with Gasteiger partial charge in [-0.2, -0.15) is 5.10 Å². The zero-order valence-corrected chi connectivity index (χ0v) is 14.3. The van der Waals surface area contributed by atoms with Crippen molar-refractivity contribution in [2.45, 2.75) is 13.8 Å². The Bertz CT molecular complexity index is 1040. The van der Waals surface area contributed by atoms with Gasteiger partial charge in [0.25, 0.3) is 11.6 Å². The van der Waals surface area contributed by atoms with Crippen LogP contribution in [0, 0.1) is 17.0 Å². The molecule has 0 aliphatic heterocycles. The summed E-state index contributed by atoms with van der Waals surface area (Å²) < 4.78 is 0. The van der Waals surface area contributed by atoms with Crippen LogP contribution in [0.15, 0.2) is 59.7 Å². The van der Waals surface area contributed by atoms with Crippen molar-refractivity contribution in [3.8, 4) is 0 Å². The fourth-order valence-electron chi connectivity index (χ4n) is 2.48. The molecule has 0 aliphatic rings. The number of nitrogens with one attached hydrogen (secondary N) is 1. The van der Waals surface area contributed by atoms with Crippen LogP contribution in [0.1, 0.15) is 28.5 Å². The summed E-state index contributed by atoms with van der Waals surface area (Å²) in [6.07, 6.45) is 0. The van der Waals surface area contributed by atoms with Gasteiger partial charge < -0.3 is 0 Å². The van der Waals surface area contributed by atoms with Gasteiger partial charge in [0.15, 0.2) is 0 Å². The lowest BCUT2D eigenvalue weighted by atomic mass is 10.1. The summed E-state index contributed by atoms with van der Waals surface area (Å²) in [7, 11) is 0. The summed E-state index contributed by atoms with van der Waals surface area (Å²) in [5.41, 5.74) is 5.01. The summed E-state index contributed by atoms with van der Waals surface area (Å²) in [6.45, 7) is 3.34. The maximum absolute atomic E-state index is 12.3. The van der Waals surface area contributed by atoms with E-state index in [2.05, 4.69) is 15.5 Å². The van der Waals surface area contributed by atoms with E-state index in [1.54, 1.807) is 32.0 Å². The molecule has 0 unspecified atom stereocenters. The first-order valence-corrected chi connectivity index (χ1v) is 7.91. The molecule has 0 radical (unpaired) electrons. The van der Waals surface area contributed by atoms with Crippen LogP contribution in [-0.4, -0.2) is 21.5 Å². The van der Waals surface area contributed by atoms with Gasteiger partial charge in [-0.25, -0.2) is 10.4 Å². The number of hydrogen-bond donors (Lipinski definition) is 1. The molecule has 3 rings (SSSR count). The van der Waals surface area contributed by atoms with E-state index < -0.39 is 10.8 Å². The molecule has 1 heterocycles. The number of carbonyl (C=O) groups excluding carboxylic acids is 1. The Morgan fingerprint density at radius 1 is 1.15 bits per heavy atom. The van der Waals surface area contributed by atoms with Crippen LogP contribution in [0.25, 0.3) is 10.9 Å². The fraction of sp³-hybridized carbons (Fsp3) is 0.105. The molecular weight excluding hydrogens is 332 g/mol. The van der Waals surface area contributed by atoms with Gasteiger partial charge in [0.05, 0.1) is 16.2 Å². The average molecular weight is 348 g/mol. The third kappa shape index (κ3) is 3.56. The number of para-hydroxylation sites is 1. The van der Waals surface area contributed by atoms with Crippen molar-refractivity contribution in [2.24, 2.45) is 5.10 Å². The van der Waals surface area contributed by atoms with Crippen molar-refractivity contribution in [3.05, 3.63) is 81.5 Å². The first kappa shape index (κ1) is 17.2. The molecular formula is C19H16N4O3. The molecule has 3 aromatic rings. The maximum atomic E-state index is 12.3. The molecule has 7 heteroatoms. The number of hydrogen-bond acceptors (Lipinski definition) is 5. The first-order chi connectivity index (χ1) is 12.5. The zero-order valence-electron chi connectivity index (χ0n) is 14.3. The number of nitrogens with zero attached hydrogens (tertiary/aromatic N) is 3. The number of aromatic nitrogens is 1. The average Bonchev–Trinajstić information content (AvgIpc) is 2.65. The van der Waals surface area contributed by atoms with Crippen LogP contribution in [0.2, 0.25) is 0 Å². The molecule has 0 spiro atoms. The Morgan fingerprint density at radius 2 is 1.92 bits per heavy atom. The molecule has 0 bridgehead atoms. The number of nitro groups is 1. The fourth-order valence-corrected chi connectivity index (χ4v) is 2.48. The molecule has 0 saturated heterocycles. The van der Waals surface area contributed by atoms with Gasteiger partial charge >= 0.3 is 0 Å². The van der Waals surface area contributed by atoms with Gasteiger partial charge in [-0.15, -0.1) is 0 Å². The summed E-state index contributed by atoms with van der Waals surface area (Å²) in [4.78, 5) is 27.2. The summed E-state index contributed by atoms with van der Waals surface area (Å²) in [5, 5.41) is 16.0. The monoisotopic (exact) mass is 348 g/mol. The lowest BCUT2D eigenvalue weighted by molar-refractivity contribution is -0.385. The SMILES string of the molecule is C/C(=N\NC(=O)c1ccc2ccccc2n1)c1ccc(C)c([N+](=O)[O-])c1. The number of benzene rings is 2. The zero-order chi connectivity index (χ0) is 18.7. The highest BCUT2D eigenvalue weighted by Gasteiger charge is 2.13. The molecule has 0 atom stereocenters. The highest BCUT2D eigenvalue weighted by Crippen LogP contribution is 2.19. The predicted octanol–water partition coefficient (Wildman–Crippen LogP) is 3.61. The summed E-state index contributed by atoms with van der Waals surface area (Å²) >= 11 is 0. The van der Waals surface area contributed by atoms with Gasteiger partial charge in [-0.3, -0.25) is 14.9 Å². The second kappa shape index (κ2) is 7.10. The smallest absolute Gasteiger partial charge is 0.266 e. The molecule has 0 saturated carbocycles. The third-order valence-corrected chi connectivity index (χ3v) is 3.98. The van der Waals surface area contributed by atoms with E-state index in [0.29, 0.717) is 16.8 Å². The number of aryl methyl sites for hydroxylation is 1. The number of hydrazone groups is 1. The standard InChI is InChI=1S/C19H16N4O3/c1-12-7-8-15(11-18(12)23(25)26)13(2)21-22-19(24)17-10-9-14-5-3-4-6-16(14)20-17/h3-11H,1-2H3,(H,22,24)/b21-13+. The molecule has 0 fully saturated rings. The van der Waals surface area contributed by atoms with Crippen molar-refractivity contribution >= 4 is 28.2 Å². The van der Waals surface area contributed by atoms with E-state index in [-0.39, 0.29) is 11.4 Å². The highest BCUT2D eigenvalue weighted by atomic mass is 16.6. The van der Waals surface area contributed by atoms with Gasteiger partial charge in [0.2, 0.25) is 0 Å². The highest BCUT2D eigenvalue weighted by molar-refractivity contribution is 6.01. The van der Waals surface area contributed by atoms with E-state index in [4.69, 9.17) is 0 Å². The van der Waals surface area contributed by atoms with Gasteiger partial charge in [-0.1, -0.05) is 36.4 Å². The minimum atomic E-state index is -0.447. The largest absolute Gasteiger partial charge is 0.289 e. The van der Waals surface area contributed by atoms with Gasteiger partial charge in [0, 0.05) is 22.6 Å². The van der Waals surface area contributed by atoms with Crippen molar-refractivity contribution in [1.29, 1.82) is 0 Å². The lowest BCUT2D eigenvalue weighted by Crippen LogP contribution is -2.20. The summed E-state index contributed by atoms with van der Waals surface area (Å²) in [6, 6.07) is 15.7. The lowest BCUT2D eigenvalue weighted by Gasteiger charge is -2.05. The maximum Gasteiger partial charge on any atom is 0.289 e. The minimum absolute atomic E-state index is 0.0135. The van der Waals surface area contributed by atoms with Gasteiger partial charge in [0.1, 0.15) is 5.69 Å². The summed E-state index contributed by atoms with van der Waals surface area (Å²) in [5.74, 6) is -0.447. The molecule has 1 aromatic heterocycles. The van der Waals surface area contributed by atoms with Gasteiger partial charge in [-0.05, 0) is 26.0 Å².